The van der Waals surface area contributed by atoms with E-state index in [1.165, 1.54) is 82.2 Å². The molecule has 0 atom stereocenters. The van der Waals surface area contributed by atoms with Gasteiger partial charge in [0.2, 0.25) is 0 Å². The Labute approximate surface area is 411 Å². The molecule has 0 unspecified atom stereocenters. The lowest BCUT2D eigenvalue weighted by atomic mass is 9.95. The first kappa shape index (κ1) is 40.8. The van der Waals surface area contributed by atoms with Crippen LogP contribution in [0, 0.1) is 0 Å². The number of allylic oxidation sites excluding steroid dienone is 3. The molecular weight excluding hydrogens is 861 g/mol. The third-order valence-electron chi connectivity index (χ3n) is 14.5. The van der Waals surface area contributed by atoms with Crippen LogP contribution in [0.5, 0.6) is 0 Å². The Morgan fingerprint density at radius 1 is 0.296 bits per heavy atom. The fourth-order valence-electron chi connectivity index (χ4n) is 11.2. The van der Waals surface area contributed by atoms with Crippen molar-refractivity contribution in [3.63, 3.8) is 0 Å². The van der Waals surface area contributed by atoms with E-state index in [-0.39, 0.29) is 0 Å². The minimum absolute atomic E-state index is 0.866. The molecule has 3 aromatic heterocycles. The molecule has 0 N–H and O–H groups in total. The number of rotatable bonds is 7. The second-order valence-corrected chi connectivity index (χ2v) is 18.6. The van der Waals surface area contributed by atoms with Crippen molar-refractivity contribution in [2.24, 2.45) is 4.99 Å². The van der Waals surface area contributed by atoms with Gasteiger partial charge < -0.3 is 13.7 Å². The first-order valence-electron chi connectivity index (χ1n) is 24.6. The SMILES string of the molecule is C1=C(c2cccc(-c3ccc(-n4c5ccc(-n6c7ccccc7c7ccccc76)cc5c5cc(-n6c7ccccc7c7ccccc76)ccc54)cc3)c2)C=C(c2ccccc2)N=C(c2ccccc2)CC1. The summed E-state index contributed by atoms with van der Waals surface area (Å²) in [5.41, 5.74) is 19.6. The van der Waals surface area contributed by atoms with E-state index < -0.39 is 0 Å². The molecule has 0 amide bonds. The van der Waals surface area contributed by atoms with Crippen LogP contribution in [0.4, 0.5) is 0 Å². The molecule has 0 bridgehead atoms. The number of hydrogen-bond donors (Lipinski definition) is 0. The highest BCUT2D eigenvalue weighted by atomic mass is 15.0. The summed E-state index contributed by atoms with van der Waals surface area (Å²) in [6, 6.07) is 88.3. The Morgan fingerprint density at radius 3 is 1.25 bits per heavy atom. The smallest absolute Gasteiger partial charge is 0.0711 e. The van der Waals surface area contributed by atoms with Crippen molar-refractivity contribution in [1.82, 2.24) is 13.7 Å². The molecule has 4 heterocycles. The molecule has 0 radical (unpaired) electrons. The highest BCUT2D eigenvalue weighted by Gasteiger charge is 2.20. The van der Waals surface area contributed by atoms with E-state index in [0.29, 0.717) is 0 Å². The van der Waals surface area contributed by atoms with Crippen molar-refractivity contribution in [3.8, 4) is 28.2 Å². The van der Waals surface area contributed by atoms with E-state index in [2.05, 4.69) is 269 Å². The van der Waals surface area contributed by atoms with Crippen LogP contribution in [0.1, 0.15) is 29.5 Å². The van der Waals surface area contributed by atoms with Crippen LogP contribution < -0.4 is 0 Å². The van der Waals surface area contributed by atoms with Crippen LogP contribution in [-0.4, -0.2) is 19.4 Å². The second-order valence-electron chi connectivity index (χ2n) is 18.6. The molecular formula is C67H46N4. The van der Waals surface area contributed by atoms with E-state index in [1.807, 2.05) is 0 Å². The van der Waals surface area contributed by atoms with Gasteiger partial charge >= 0.3 is 0 Å². The largest absolute Gasteiger partial charge is 0.309 e. The standard InChI is InChI=1S/C67H46N4/c1-3-17-46(18-4-1)60-28-16-23-50(42-61(68-60)47-19-5-2-6-20-47)49-22-15-21-48(41-49)45-33-35-51(36-34-45)69-66-39-37-52(70-62-29-11-7-24-54(62)55-25-8-12-30-63(55)70)43-58(66)59-44-53(38-40-67(59)69)71-64-31-13-9-26-56(64)57-27-10-14-32-65(57)71/h1-15,17-27,29-44H,16,28H2. The summed E-state index contributed by atoms with van der Waals surface area (Å²) in [4.78, 5) is 5.33. The molecule has 334 valence electrons. The Kier molecular flexibility index (Phi) is 9.63. The monoisotopic (exact) mass is 906 g/mol. The summed E-state index contributed by atoms with van der Waals surface area (Å²) in [6.45, 7) is 0. The Bertz CT molecular complexity index is 4030. The molecule has 1 aliphatic rings. The Morgan fingerprint density at radius 2 is 0.718 bits per heavy atom. The van der Waals surface area contributed by atoms with Crippen molar-refractivity contribution in [1.29, 1.82) is 0 Å². The number of aromatic nitrogens is 3. The number of hydrogen-bond acceptors (Lipinski definition) is 1. The summed E-state index contributed by atoms with van der Waals surface area (Å²) in [5, 5.41) is 7.43. The van der Waals surface area contributed by atoms with E-state index in [1.54, 1.807) is 0 Å². The number of benzene rings is 10. The number of fused-ring (bicyclic) bond motifs is 9. The van der Waals surface area contributed by atoms with Gasteiger partial charge in [0, 0.05) is 60.7 Å². The maximum absolute atomic E-state index is 5.33. The Balaban J connectivity index is 0.894. The molecule has 13 aromatic rings. The topological polar surface area (TPSA) is 27.1 Å². The summed E-state index contributed by atoms with van der Waals surface area (Å²) >= 11 is 0. The zero-order chi connectivity index (χ0) is 46.8. The number of aliphatic imine (C=N–C) groups is 1. The van der Waals surface area contributed by atoms with Gasteiger partial charge in [-0.2, -0.15) is 0 Å². The molecule has 0 spiro atoms. The van der Waals surface area contributed by atoms with Gasteiger partial charge in [-0.1, -0.05) is 170 Å². The van der Waals surface area contributed by atoms with Crippen LogP contribution in [0.3, 0.4) is 0 Å². The van der Waals surface area contributed by atoms with Gasteiger partial charge in [0.05, 0.1) is 38.8 Å². The van der Waals surface area contributed by atoms with Crippen LogP contribution in [-0.2, 0) is 0 Å². The van der Waals surface area contributed by atoms with Crippen molar-refractivity contribution >= 4 is 82.4 Å². The molecule has 0 saturated carbocycles. The maximum Gasteiger partial charge on any atom is 0.0711 e. The molecule has 0 saturated heterocycles. The van der Waals surface area contributed by atoms with E-state index in [9.17, 15) is 0 Å². The lowest BCUT2D eigenvalue weighted by Gasteiger charge is -2.15. The van der Waals surface area contributed by atoms with Crippen molar-refractivity contribution in [2.45, 2.75) is 12.8 Å². The van der Waals surface area contributed by atoms with Crippen LogP contribution in [0.2, 0.25) is 0 Å². The van der Waals surface area contributed by atoms with Crippen LogP contribution in [0.25, 0.3) is 105 Å². The molecule has 0 fully saturated rings. The van der Waals surface area contributed by atoms with E-state index >= 15 is 0 Å². The summed E-state index contributed by atoms with van der Waals surface area (Å²) in [6.07, 6.45) is 6.41. The third-order valence-corrected chi connectivity index (χ3v) is 14.5. The van der Waals surface area contributed by atoms with Crippen LogP contribution >= 0.6 is 0 Å². The number of para-hydroxylation sites is 4. The van der Waals surface area contributed by atoms with Gasteiger partial charge in [-0.25, -0.2) is 0 Å². The first-order chi connectivity index (χ1) is 35.2. The highest BCUT2D eigenvalue weighted by molar-refractivity contribution is 6.14. The average molecular weight is 907 g/mol. The van der Waals surface area contributed by atoms with Gasteiger partial charge in [0.1, 0.15) is 0 Å². The molecule has 10 aromatic carbocycles. The fraction of sp³-hybridized carbons (Fsp3) is 0.0299. The zero-order valence-electron chi connectivity index (χ0n) is 39.0. The first-order valence-corrected chi connectivity index (χ1v) is 24.6. The predicted molar refractivity (Wildman–Crippen MR) is 300 cm³/mol. The lowest BCUT2D eigenvalue weighted by Crippen LogP contribution is -2.03. The van der Waals surface area contributed by atoms with Gasteiger partial charge in [0.15, 0.2) is 0 Å². The van der Waals surface area contributed by atoms with Gasteiger partial charge in [-0.05, 0) is 126 Å². The molecule has 4 nitrogen and oxygen atoms in total. The second kappa shape index (κ2) is 16.8. The zero-order valence-corrected chi connectivity index (χ0v) is 39.0. The maximum atomic E-state index is 5.33. The minimum atomic E-state index is 0.866. The highest BCUT2D eigenvalue weighted by Crippen LogP contribution is 2.40. The van der Waals surface area contributed by atoms with Crippen LogP contribution in [0.15, 0.2) is 260 Å². The summed E-state index contributed by atoms with van der Waals surface area (Å²) in [7, 11) is 0. The molecule has 71 heavy (non-hydrogen) atoms. The molecule has 0 aliphatic carbocycles. The van der Waals surface area contributed by atoms with Crippen molar-refractivity contribution in [2.75, 3.05) is 0 Å². The van der Waals surface area contributed by atoms with E-state index in [4.69, 9.17) is 4.99 Å². The lowest BCUT2D eigenvalue weighted by molar-refractivity contribution is 1.09. The Hall–Kier alpha value is -9.25. The molecule has 14 rings (SSSR count). The predicted octanol–water partition coefficient (Wildman–Crippen LogP) is 17.4. The molecule has 1 aliphatic heterocycles. The van der Waals surface area contributed by atoms with Gasteiger partial charge in [-0.15, -0.1) is 0 Å². The average Bonchev–Trinajstić information content (AvgIpc) is 4.07. The van der Waals surface area contributed by atoms with E-state index in [0.717, 1.165) is 57.9 Å². The summed E-state index contributed by atoms with van der Waals surface area (Å²) in [5.74, 6) is 0. The normalized spacial score (nSPS) is 13.2. The quantitative estimate of drug-likeness (QED) is 0.152. The number of nitrogens with zero attached hydrogens (tertiary/aromatic N) is 4. The fourth-order valence-corrected chi connectivity index (χ4v) is 11.2. The van der Waals surface area contributed by atoms with Gasteiger partial charge in [0.25, 0.3) is 0 Å². The third kappa shape index (κ3) is 6.87. The molecule has 4 heteroatoms. The van der Waals surface area contributed by atoms with Crippen molar-refractivity contribution in [3.05, 3.63) is 271 Å². The summed E-state index contributed by atoms with van der Waals surface area (Å²) < 4.78 is 7.29. The van der Waals surface area contributed by atoms with Crippen molar-refractivity contribution < 1.29 is 0 Å². The minimum Gasteiger partial charge on any atom is -0.309 e. The van der Waals surface area contributed by atoms with Gasteiger partial charge in [-0.3, -0.25) is 4.99 Å².